The van der Waals surface area contributed by atoms with E-state index in [4.69, 9.17) is 25.5 Å². The third-order valence-corrected chi connectivity index (χ3v) is 6.40. The number of nitrogens with zero attached hydrogens (tertiary/aromatic N) is 3. The predicted molar refractivity (Wildman–Crippen MR) is 151 cm³/mol. The average Bonchev–Trinajstić information content (AvgIpc) is 2.95. The third kappa shape index (κ3) is 5.91. The lowest BCUT2D eigenvalue weighted by Crippen LogP contribution is -2.41. The summed E-state index contributed by atoms with van der Waals surface area (Å²) in [5.74, 6) is 0.801. The molecule has 3 aromatic carbocycles. The molecule has 38 heavy (non-hydrogen) atoms. The summed E-state index contributed by atoms with van der Waals surface area (Å²) in [5, 5.41) is 22.3. The number of morpholine rings is 1. The third-order valence-electron chi connectivity index (χ3n) is 6.40. The second-order valence-electron chi connectivity index (χ2n) is 9.04. The van der Waals surface area contributed by atoms with E-state index in [1.54, 1.807) is 0 Å². The molecular weight excluding hydrogens is 478 g/mol. The summed E-state index contributed by atoms with van der Waals surface area (Å²) in [5.41, 5.74) is 3.99. The van der Waals surface area contributed by atoms with Gasteiger partial charge < -0.3 is 26.2 Å². The number of aromatic nitrogens is 2. The molecule has 9 nitrogen and oxygen atoms in total. The minimum Gasteiger partial charge on any atom is -0.379 e. The fraction of sp³-hybridized carbons (Fsp3) is 0.207. The van der Waals surface area contributed by atoms with E-state index in [9.17, 15) is 4.79 Å². The molecule has 1 fully saturated rings. The Kier molecular flexibility index (Phi) is 7.77. The maximum absolute atomic E-state index is 12.6. The summed E-state index contributed by atoms with van der Waals surface area (Å²) in [4.78, 5) is 24.3. The van der Waals surface area contributed by atoms with Gasteiger partial charge in [0.2, 0.25) is 5.91 Å². The number of amides is 1. The standard InChI is InChI=1S/C29H29N7O2/c30-17-22(18-31)20-8-10-23(11-9-20)33-29-25-6-1-2-7-26(25)34-28(35-29)21-4-3-5-24(16-21)32-27(37)19-36-12-14-38-15-13-36/h1-11,16-18,22,30-31H,12-15,19H2,(H,32,37)(H,33,34,35). The zero-order valence-electron chi connectivity index (χ0n) is 20.9. The Morgan fingerprint density at radius 2 is 1.71 bits per heavy atom. The molecule has 4 N–H and O–H groups in total. The average molecular weight is 508 g/mol. The summed E-state index contributed by atoms with van der Waals surface area (Å²) < 4.78 is 5.36. The number of ether oxygens (including phenoxy) is 1. The Labute approximate surface area is 220 Å². The molecule has 4 aromatic rings. The number of hydrogen-bond donors (Lipinski definition) is 4. The predicted octanol–water partition coefficient (Wildman–Crippen LogP) is 4.69. The summed E-state index contributed by atoms with van der Waals surface area (Å²) >= 11 is 0. The molecule has 0 atom stereocenters. The normalized spacial score (nSPS) is 14.5. The molecule has 0 saturated carbocycles. The summed E-state index contributed by atoms with van der Waals surface area (Å²) in [7, 11) is 0. The van der Waals surface area contributed by atoms with Crippen LogP contribution in [0.3, 0.4) is 0 Å². The Bertz CT molecular complexity index is 1440. The second kappa shape index (κ2) is 11.7. The minimum atomic E-state index is -0.336. The molecule has 1 saturated heterocycles. The molecule has 1 amide bonds. The highest BCUT2D eigenvalue weighted by atomic mass is 16.5. The van der Waals surface area contributed by atoms with Gasteiger partial charge in [-0.25, -0.2) is 9.97 Å². The van der Waals surface area contributed by atoms with Crippen LogP contribution in [0.25, 0.3) is 22.3 Å². The highest BCUT2D eigenvalue weighted by Gasteiger charge is 2.15. The van der Waals surface area contributed by atoms with Gasteiger partial charge in [-0.2, -0.15) is 0 Å². The molecule has 0 unspecified atom stereocenters. The Hall–Kier alpha value is -4.47. The molecule has 9 heteroatoms. The highest BCUT2D eigenvalue weighted by molar-refractivity contribution is 5.94. The first kappa shape index (κ1) is 25.2. The maximum atomic E-state index is 12.6. The van der Waals surface area contributed by atoms with E-state index in [0.717, 1.165) is 40.8 Å². The molecule has 0 radical (unpaired) electrons. The number of para-hydroxylation sites is 1. The fourth-order valence-electron chi connectivity index (χ4n) is 4.37. The van der Waals surface area contributed by atoms with Crippen molar-refractivity contribution in [3.05, 3.63) is 78.4 Å². The van der Waals surface area contributed by atoms with Crippen molar-refractivity contribution in [3.8, 4) is 11.4 Å². The zero-order chi connectivity index (χ0) is 26.3. The van der Waals surface area contributed by atoms with Crippen molar-refractivity contribution < 1.29 is 9.53 Å². The lowest BCUT2D eigenvalue weighted by atomic mass is 10.0. The van der Waals surface area contributed by atoms with Gasteiger partial charge in [-0.15, -0.1) is 0 Å². The molecule has 1 aliphatic rings. The van der Waals surface area contributed by atoms with Gasteiger partial charge in [0, 0.05) is 47.8 Å². The van der Waals surface area contributed by atoms with E-state index >= 15 is 0 Å². The number of carbonyl (C=O) groups excluding carboxylic acids is 1. The molecule has 5 rings (SSSR count). The number of hydrogen-bond acceptors (Lipinski definition) is 8. The first-order valence-corrected chi connectivity index (χ1v) is 12.5. The van der Waals surface area contributed by atoms with Crippen molar-refractivity contribution in [1.29, 1.82) is 10.8 Å². The van der Waals surface area contributed by atoms with Crippen LogP contribution in [-0.4, -0.2) is 66.1 Å². The monoisotopic (exact) mass is 507 g/mol. The van der Waals surface area contributed by atoms with Gasteiger partial charge in [-0.05, 0) is 42.0 Å². The molecular formula is C29H29N7O2. The van der Waals surface area contributed by atoms with Crippen LogP contribution >= 0.6 is 0 Å². The number of fused-ring (bicyclic) bond motifs is 1. The topological polar surface area (TPSA) is 127 Å². The Balaban J connectivity index is 1.39. The molecule has 0 spiro atoms. The molecule has 192 valence electrons. The van der Waals surface area contributed by atoms with Gasteiger partial charge in [0.25, 0.3) is 0 Å². The van der Waals surface area contributed by atoms with Gasteiger partial charge in [-0.3, -0.25) is 9.69 Å². The van der Waals surface area contributed by atoms with Crippen LogP contribution < -0.4 is 10.6 Å². The van der Waals surface area contributed by atoms with E-state index in [-0.39, 0.29) is 11.8 Å². The van der Waals surface area contributed by atoms with Crippen LogP contribution in [0.15, 0.2) is 72.8 Å². The van der Waals surface area contributed by atoms with E-state index in [0.29, 0.717) is 37.1 Å². The van der Waals surface area contributed by atoms with E-state index in [1.165, 1.54) is 12.4 Å². The SMILES string of the molecule is N=CC(C=N)c1ccc(Nc2nc(-c3cccc(NC(=O)CN4CCOCC4)c3)nc3ccccc23)cc1. The van der Waals surface area contributed by atoms with E-state index < -0.39 is 0 Å². The van der Waals surface area contributed by atoms with Gasteiger partial charge in [-0.1, -0.05) is 36.4 Å². The summed E-state index contributed by atoms with van der Waals surface area (Å²) in [6.45, 7) is 3.13. The van der Waals surface area contributed by atoms with Crippen molar-refractivity contribution in [1.82, 2.24) is 14.9 Å². The fourth-order valence-corrected chi connectivity index (χ4v) is 4.37. The maximum Gasteiger partial charge on any atom is 0.238 e. The minimum absolute atomic E-state index is 0.0671. The van der Waals surface area contributed by atoms with Crippen LogP contribution in [0.4, 0.5) is 17.2 Å². The van der Waals surface area contributed by atoms with Gasteiger partial charge >= 0.3 is 0 Å². The first-order valence-electron chi connectivity index (χ1n) is 12.5. The number of carbonyl (C=O) groups is 1. The summed E-state index contributed by atoms with van der Waals surface area (Å²) in [6.07, 6.45) is 2.50. The lowest BCUT2D eigenvalue weighted by Gasteiger charge is -2.25. The highest BCUT2D eigenvalue weighted by Crippen LogP contribution is 2.29. The van der Waals surface area contributed by atoms with Crippen molar-refractivity contribution in [2.24, 2.45) is 0 Å². The number of rotatable bonds is 9. The molecule has 2 heterocycles. The largest absolute Gasteiger partial charge is 0.379 e. The number of anilines is 3. The van der Waals surface area contributed by atoms with Crippen molar-refractivity contribution >= 4 is 46.4 Å². The smallest absolute Gasteiger partial charge is 0.238 e. The van der Waals surface area contributed by atoms with Crippen molar-refractivity contribution in [2.45, 2.75) is 5.92 Å². The van der Waals surface area contributed by atoms with Crippen LogP contribution in [0, 0.1) is 10.8 Å². The van der Waals surface area contributed by atoms with Crippen LogP contribution in [-0.2, 0) is 9.53 Å². The van der Waals surface area contributed by atoms with Gasteiger partial charge in [0.05, 0.1) is 31.2 Å². The van der Waals surface area contributed by atoms with Crippen LogP contribution in [0.1, 0.15) is 11.5 Å². The van der Waals surface area contributed by atoms with E-state index in [1.807, 2.05) is 72.8 Å². The zero-order valence-corrected chi connectivity index (χ0v) is 20.9. The Morgan fingerprint density at radius 1 is 0.947 bits per heavy atom. The van der Waals surface area contributed by atoms with Crippen molar-refractivity contribution in [2.75, 3.05) is 43.5 Å². The summed E-state index contributed by atoms with van der Waals surface area (Å²) in [6, 6.07) is 23.0. The first-order chi connectivity index (χ1) is 18.6. The van der Waals surface area contributed by atoms with Gasteiger partial charge in [0.1, 0.15) is 5.82 Å². The van der Waals surface area contributed by atoms with Crippen molar-refractivity contribution in [3.63, 3.8) is 0 Å². The number of nitrogens with one attached hydrogen (secondary N) is 4. The second-order valence-corrected chi connectivity index (χ2v) is 9.04. The molecule has 1 aromatic heterocycles. The van der Waals surface area contributed by atoms with Gasteiger partial charge in [0.15, 0.2) is 5.82 Å². The molecule has 1 aliphatic heterocycles. The Morgan fingerprint density at radius 3 is 2.47 bits per heavy atom. The van der Waals surface area contributed by atoms with Crippen LogP contribution in [0.2, 0.25) is 0 Å². The molecule has 0 aliphatic carbocycles. The van der Waals surface area contributed by atoms with E-state index in [2.05, 4.69) is 15.5 Å². The lowest BCUT2D eigenvalue weighted by molar-refractivity contribution is -0.118. The number of benzene rings is 3. The van der Waals surface area contributed by atoms with Crippen LogP contribution in [0.5, 0.6) is 0 Å². The molecule has 0 bridgehead atoms. The quantitative estimate of drug-likeness (QED) is 0.243.